The van der Waals surface area contributed by atoms with Gasteiger partial charge in [0.25, 0.3) is 11.8 Å². The van der Waals surface area contributed by atoms with Gasteiger partial charge in [0.2, 0.25) is 0 Å². The van der Waals surface area contributed by atoms with Gasteiger partial charge in [0.1, 0.15) is 11.5 Å². The van der Waals surface area contributed by atoms with Crippen molar-refractivity contribution in [1.82, 2.24) is 10.0 Å². The van der Waals surface area contributed by atoms with Gasteiger partial charge in [-0.05, 0) is 64.7 Å². The van der Waals surface area contributed by atoms with Gasteiger partial charge in [-0.1, -0.05) is 91.0 Å². The first kappa shape index (κ1) is 35.6. The van der Waals surface area contributed by atoms with Crippen LogP contribution < -0.4 is 14.8 Å². The lowest BCUT2D eigenvalue weighted by molar-refractivity contribution is -0.136. The molecule has 7 rings (SSSR count). The summed E-state index contributed by atoms with van der Waals surface area (Å²) in [7, 11) is 3.21. The predicted molar refractivity (Wildman–Crippen MR) is 206 cm³/mol. The molecule has 54 heavy (non-hydrogen) atoms. The van der Waals surface area contributed by atoms with Crippen LogP contribution in [0.3, 0.4) is 0 Å². The van der Waals surface area contributed by atoms with Gasteiger partial charge in [-0.2, -0.15) is 10.2 Å². The molecule has 11 nitrogen and oxygen atoms in total. The molecule has 0 aliphatic carbocycles. The molecule has 0 saturated carbocycles. The van der Waals surface area contributed by atoms with Crippen molar-refractivity contribution in [3.63, 3.8) is 0 Å². The molecule has 0 aromatic heterocycles. The van der Waals surface area contributed by atoms with E-state index in [1.165, 1.54) is 10.0 Å². The number of ether oxygens (including phenoxy) is 3. The molecular formula is C43H39N5O6. The average molecular weight is 722 g/mol. The van der Waals surface area contributed by atoms with E-state index in [1.807, 2.05) is 109 Å². The number of hydrogen-bond acceptors (Lipinski definition) is 9. The van der Waals surface area contributed by atoms with E-state index in [-0.39, 0.29) is 30.1 Å². The first-order valence-electron chi connectivity index (χ1n) is 17.6. The van der Waals surface area contributed by atoms with Crippen molar-refractivity contribution in [2.45, 2.75) is 24.9 Å². The summed E-state index contributed by atoms with van der Waals surface area (Å²) in [6.45, 7) is -0.574. The number of nitrogens with zero attached hydrogens (tertiary/aromatic N) is 4. The van der Waals surface area contributed by atoms with E-state index in [0.29, 0.717) is 24.3 Å². The van der Waals surface area contributed by atoms with Crippen molar-refractivity contribution in [3.8, 4) is 11.5 Å². The molecule has 0 saturated heterocycles. The van der Waals surface area contributed by atoms with Gasteiger partial charge in [0.05, 0.1) is 49.8 Å². The Morgan fingerprint density at radius 1 is 0.630 bits per heavy atom. The molecule has 2 atom stereocenters. The molecule has 0 radical (unpaired) electrons. The zero-order valence-electron chi connectivity index (χ0n) is 29.9. The number of carbonyl (C=O) groups is 3. The predicted octanol–water partition coefficient (Wildman–Crippen LogP) is 7.03. The zero-order valence-corrected chi connectivity index (χ0v) is 29.9. The van der Waals surface area contributed by atoms with Crippen molar-refractivity contribution < 1.29 is 28.6 Å². The molecule has 0 bridgehead atoms. The van der Waals surface area contributed by atoms with Gasteiger partial charge in [0, 0.05) is 18.5 Å². The third kappa shape index (κ3) is 8.00. The summed E-state index contributed by atoms with van der Waals surface area (Å²) >= 11 is 0. The van der Waals surface area contributed by atoms with E-state index in [0.717, 1.165) is 39.4 Å². The molecule has 0 spiro atoms. The molecule has 272 valence electrons. The maximum Gasteiger partial charge on any atom is 0.338 e. The average Bonchev–Trinajstić information content (AvgIpc) is 3.89. The molecule has 2 aliphatic heterocycles. The second-order valence-corrected chi connectivity index (χ2v) is 12.8. The lowest BCUT2D eigenvalue weighted by Gasteiger charge is -2.23. The highest BCUT2D eigenvalue weighted by atomic mass is 16.5. The maximum atomic E-state index is 13.7. The molecule has 2 aliphatic rings. The highest BCUT2D eigenvalue weighted by Crippen LogP contribution is 2.35. The highest BCUT2D eigenvalue weighted by molar-refractivity contribution is 6.04. The molecule has 1 N–H and O–H groups in total. The third-order valence-electron chi connectivity index (χ3n) is 9.42. The minimum absolute atomic E-state index is 0.0708. The van der Waals surface area contributed by atoms with Crippen molar-refractivity contribution in [2.75, 3.05) is 32.7 Å². The SMILES string of the molecule is COc1ccc(C2CC(c3ccccc3)=NN2C(=O)CNc2cccc(C(=O)OCC(=O)N3N=C(c4ccccc4)CC3c3ccc(OC)cc3)c2)cc1. The fourth-order valence-electron chi connectivity index (χ4n) is 6.55. The zero-order chi connectivity index (χ0) is 37.4. The summed E-state index contributed by atoms with van der Waals surface area (Å²) < 4.78 is 16.1. The Bertz CT molecular complexity index is 2170. The van der Waals surface area contributed by atoms with Gasteiger partial charge in [-0.15, -0.1) is 0 Å². The fraction of sp³-hybridized carbons (Fsp3) is 0.186. The van der Waals surface area contributed by atoms with Crippen molar-refractivity contribution >= 4 is 34.9 Å². The van der Waals surface area contributed by atoms with Crippen molar-refractivity contribution in [2.24, 2.45) is 10.2 Å². The van der Waals surface area contributed by atoms with Crippen molar-refractivity contribution in [3.05, 3.63) is 161 Å². The molecule has 5 aromatic rings. The second-order valence-electron chi connectivity index (χ2n) is 12.8. The smallest absolute Gasteiger partial charge is 0.338 e. The second kappa shape index (κ2) is 16.3. The number of nitrogens with one attached hydrogen (secondary N) is 1. The first-order chi connectivity index (χ1) is 26.4. The molecule has 2 heterocycles. The summed E-state index contributed by atoms with van der Waals surface area (Å²) in [6.07, 6.45) is 1.05. The van der Waals surface area contributed by atoms with E-state index in [9.17, 15) is 14.4 Å². The van der Waals surface area contributed by atoms with Crippen LogP contribution in [0.4, 0.5) is 5.69 Å². The standard InChI is InChI=1S/C43H39N5O6/c1-52-35-20-16-31(17-21-35)39-25-37(29-10-5-3-6-11-29)45-47(39)41(49)27-44-34-15-9-14-33(24-34)43(51)54-28-42(50)48-40(32-18-22-36(53-2)23-19-32)26-38(46-48)30-12-7-4-8-13-30/h3-24,39-40,44H,25-28H2,1-2H3. The summed E-state index contributed by atoms with van der Waals surface area (Å²) in [5.41, 5.74) is 6.01. The molecule has 2 amide bonds. The lowest BCUT2D eigenvalue weighted by Crippen LogP contribution is -2.32. The number of hydrogen-bond donors (Lipinski definition) is 1. The number of hydrazone groups is 2. The topological polar surface area (TPSA) is 122 Å². The maximum absolute atomic E-state index is 13.7. The van der Waals surface area contributed by atoms with Crippen LogP contribution in [0.5, 0.6) is 11.5 Å². The van der Waals surface area contributed by atoms with E-state index in [1.54, 1.807) is 38.5 Å². The number of benzene rings is 5. The lowest BCUT2D eigenvalue weighted by atomic mass is 9.98. The van der Waals surface area contributed by atoms with E-state index < -0.39 is 18.5 Å². The van der Waals surface area contributed by atoms with Crippen LogP contribution in [0.2, 0.25) is 0 Å². The molecular weight excluding hydrogens is 683 g/mol. The molecule has 11 heteroatoms. The summed E-state index contributed by atoms with van der Waals surface area (Å²) in [6, 6.07) is 40.5. The number of carbonyl (C=O) groups excluding carboxylic acids is 3. The fourth-order valence-corrected chi connectivity index (χ4v) is 6.55. The number of rotatable bonds is 12. The Morgan fingerprint density at radius 3 is 1.63 bits per heavy atom. The van der Waals surface area contributed by atoms with Crippen LogP contribution in [0.15, 0.2) is 144 Å². The summed E-state index contributed by atoms with van der Waals surface area (Å²) in [5, 5.41) is 15.5. The first-order valence-corrected chi connectivity index (χ1v) is 17.6. The van der Waals surface area contributed by atoms with Crippen LogP contribution in [-0.4, -0.2) is 66.6 Å². The largest absolute Gasteiger partial charge is 0.497 e. The van der Waals surface area contributed by atoms with Gasteiger partial charge >= 0.3 is 5.97 Å². The van der Waals surface area contributed by atoms with Crippen LogP contribution in [0.25, 0.3) is 0 Å². The normalized spacial score (nSPS) is 16.3. The van der Waals surface area contributed by atoms with Crippen molar-refractivity contribution in [1.29, 1.82) is 0 Å². The Labute approximate surface area is 313 Å². The Hall–Kier alpha value is -6.75. The summed E-state index contributed by atoms with van der Waals surface area (Å²) in [4.78, 5) is 40.5. The van der Waals surface area contributed by atoms with Gasteiger partial charge in [-0.25, -0.2) is 14.8 Å². The number of anilines is 1. The van der Waals surface area contributed by atoms with E-state index >= 15 is 0 Å². The third-order valence-corrected chi connectivity index (χ3v) is 9.42. The van der Waals surface area contributed by atoms with Gasteiger partial charge < -0.3 is 19.5 Å². The molecule has 5 aromatic carbocycles. The monoisotopic (exact) mass is 721 g/mol. The summed E-state index contributed by atoms with van der Waals surface area (Å²) in [5.74, 6) is 0.0494. The van der Waals surface area contributed by atoms with Crippen LogP contribution in [0.1, 0.15) is 57.5 Å². The highest BCUT2D eigenvalue weighted by Gasteiger charge is 2.35. The Morgan fingerprint density at radius 2 is 1.13 bits per heavy atom. The molecule has 2 unspecified atom stereocenters. The quantitative estimate of drug-likeness (QED) is 0.137. The van der Waals surface area contributed by atoms with Crippen LogP contribution in [0, 0.1) is 0 Å². The number of esters is 1. The van der Waals surface area contributed by atoms with E-state index in [2.05, 4.69) is 10.4 Å². The minimum Gasteiger partial charge on any atom is -0.497 e. The number of amides is 2. The molecule has 0 fully saturated rings. The van der Waals surface area contributed by atoms with Gasteiger partial charge in [0.15, 0.2) is 6.61 Å². The van der Waals surface area contributed by atoms with Gasteiger partial charge in [-0.3, -0.25) is 9.59 Å². The van der Waals surface area contributed by atoms with Crippen LogP contribution in [-0.2, 0) is 14.3 Å². The number of methoxy groups -OCH3 is 2. The Kier molecular flexibility index (Phi) is 10.8. The van der Waals surface area contributed by atoms with E-state index in [4.69, 9.17) is 19.3 Å². The van der Waals surface area contributed by atoms with Crippen LogP contribution >= 0.6 is 0 Å². The Balaban J connectivity index is 1.01. The minimum atomic E-state index is -0.679.